The first-order valence-electron chi connectivity index (χ1n) is 7.35. The lowest BCUT2D eigenvalue weighted by Gasteiger charge is -2.07. The van der Waals surface area contributed by atoms with Crippen LogP contribution in [0.15, 0.2) is 53.4 Å². The molecule has 2 aromatic carbocycles. The number of primary amides is 1. The number of benzene rings is 2. The van der Waals surface area contributed by atoms with Crippen molar-refractivity contribution in [1.29, 1.82) is 0 Å². The van der Waals surface area contributed by atoms with Gasteiger partial charge in [-0.1, -0.05) is 24.3 Å². The molecule has 0 spiro atoms. The van der Waals surface area contributed by atoms with Crippen molar-refractivity contribution < 1.29 is 9.18 Å². The molecule has 1 aromatic heterocycles. The van der Waals surface area contributed by atoms with E-state index in [0.29, 0.717) is 4.88 Å². The van der Waals surface area contributed by atoms with E-state index in [1.165, 1.54) is 28.4 Å². The van der Waals surface area contributed by atoms with Crippen LogP contribution in [0.1, 0.15) is 15.2 Å². The summed E-state index contributed by atoms with van der Waals surface area (Å²) < 4.78 is 13.3. The molecule has 3 rings (SSSR count). The summed E-state index contributed by atoms with van der Waals surface area (Å²) in [5, 5.41) is 0. The van der Waals surface area contributed by atoms with Crippen LogP contribution in [0.25, 0.3) is 21.6 Å². The first kappa shape index (κ1) is 16.7. The number of carbonyl (C=O) groups excluding carboxylic acids is 1. The first-order chi connectivity index (χ1) is 11.5. The Bertz CT molecular complexity index is 883. The SMILES string of the molecule is CSc1ccc(-c2sc(C(N)=O)c(C)c2-c2ccc(F)cc2)cc1. The summed E-state index contributed by atoms with van der Waals surface area (Å²) in [6.45, 7) is 1.88. The summed E-state index contributed by atoms with van der Waals surface area (Å²) in [6, 6.07) is 14.5. The average Bonchev–Trinajstić information content (AvgIpc) is 2.93. The van der Waals surface area contributed by atoms with Crippen LogP contribution in [0, 0.1) is 12.7 Å². The Morgan fingerprint density at radius 1 is 1.04 bits per heavy atom. The van der Waals surface area contributed by atoms with E-state index in [0.717, 1.165) is 27.1 Å². The highest BCUT2D eigenvalue weighted by Gasteiger charge is 2.20. The zero-order valence-electron chi connectivity index (χ0n) is 13.3. The van der Waals surface area contributed by atoms with E-state index < -0.39 is 5.91 Å². The molecule has 2 nitrogen and oxygen atoms in total. The van der Waals surface area contributed by atoms with Crippen molar-refractivity contribution in [2.24, 2.45) is 5.73 Å². The molecule has 0 fully saturated rings. The fourth-order valence-electron chi connectivity index (χ4n) is 2.66. The zero-order chi connectivity index (χ0) is 17.3. The Kier molecular flexibility index (Phi) is 4.73. The number of rotatable bonds is 4. The van der Waals surface area contributed by atoms with Gasteiger partial charge in [-0.15, -0.1) is 23.1 Å². The van der Waals surface area contributed by atoms with Gasteiger partial charge in [0.15, 0.2) is 0 Å². The van der Waals surface area contributed by atoms with Gasteiger partial charge < -0.3 is 5.73 Å². The van der Waals surface area contributed by atoms with Crippen molar-refractivity contribution in [3.63, 3.8) is 0 Å². The highest BCUT2D eigenvalue weighted by atomic mass is 32.2. The molecule has 122 valence electrons. The maximum Gasteiger partial charge on any atom is 0.259 e. The molecule has 1 amide bonds. The minimum Gasteiger partial charge on any atom is -0.365 e. The van der Waals surface area contributed by atoms with Crippen molar-refractivity contribution in [1.82, 2.24) is 0 Å². The monoisotopic (exact) mass is 357 g/mol. The second kappa shape index (κ2) is 6.79. The number of amides is 1. The molecule has 0 aliphatic carbocycles. The third-order valence-electron chi connectivity index (χ3n) is 3.86. The van der Waals surface area contributed by atoms with E-state index in [4.69, 9.17) is 5.73 Å². The van der Waals surface area contributed by atoms with Gasteiger partial charge in [0.05, 0.1) is 4.88 Å². The smallest absolute Gasteiger partial charge is 0.259 e. The maximum absolute atomic E-state index is 13.3. The van der Waals surface area contributed by atoms with Crippen LogP contribution in [0.4, 0.5) is 4.39 Å². The molecular weight excluding hydrogens is 341 g/mol. The minimum absolute atomic E-state index is 0.285. The third-order valence-corrected chi connectivity index (χ3v) is 5.95. The van der Waals surface area contributed by atoms with E-state index in [1.54, 1.807) is 23.9 Å². The number of carbonyl (C=O) groups is 1. The number of hydrogen-bond acceptors (Lipinski definition) is 3. The van der Waals surface area contributed by atoms with E-state index in [2.05, 4.69) is 0 Å². The normalized spacial score (nSPS) is 10.8. The number of thioether (sulfide) groups is 1. The quantitative estimate of drug-likeness (QED) is 0.640. The number of thiophene rings is 1. The number of hydrogen-bond donors (Lipinski definition) is 1. The molecule has 0 unspecified atom stereocenters. The Hall–Kier alpha value is -2.11. The number of nitrogens with two attached hydrogens (primary N) is 1. The van der Waals surface area contributed by atoms with Gasteiger partial charge >= 0.3 is 0 Å². The van der Waals surface area contributed by atoms with Crippen LogP contribution in [-0.4, -0.2) is 12.2 Å². The number of halogens is 1. The molecule has 0 radical (unpaired) electrons. The van der Waals surface area contributed by atoms with E-state index >= 15 is 0 Å². The molecule has 0 aliphatic rings. The summed E-state index contributed by atoms with van der Waals surface area (Å²) in [5.41, 5.74) is 9.20. The largest absolute Gasteiger partial charge is 0.365 e. The predicted molar refractivity (Wildman–Crippen MR) is 100 cm³/mol. The highest BCUT2D eigenvalue weighted by Crippen LogP contribution is 2.43. The van der Waals surface area contributed by atoms with E-state index in [9.17, 15) is 9.18 Å². The first-order valence-corrected chi connectivity index (χ1v) is 9.39. The van der Waals surface area contributed by atoms with E-state index in [-0.39, 0.29) is 5.82 Å². The van der Waals surface area contributed by atoms with Gasteiger partial charge in [-0.25, -0.2) is 4.39 Å². The molecule has 24 heavy (non-hydrogen) atoms. The van der Waals surface area contributed by atoms with Crippen LogP contribution in [0.5, 0.6) is 0 Å². The lowest BCUT2D eigenvalue weighted by atomic mass is 9.98. The minimum atomic E-state index is -0.437. The third kappa shape index (κ3) is 3.09. The molecule has 2 N–H and O–H groups in total. The lowest BCUT2D eigenvalue weighted by molar-refractivity contribution is 0.100. The molecule has 0 atom stereocenters. The fourth-order valence-corrected chi connectivity index (χ4v) is 4.25. The topological polar surface area (TPSA) is 43.1 Å². The summed E-state index contributed by atoms with van der Waals surface area (Å²) in [4.78, 5) is 14.5. The Morgan fingerprint density at radius 2 is 1.62 bits per heavy atom. The van der Waals surface area contributed by atoms with Crippen molar-refractivity contribution in [2.75, 3.05) is 6.26 Å². The molecular formula is C19H16FNOS2. The molecule has 5 heteroatoms. The maximum atomic E-state index is 13.3. The Labute approximate surface area is 148 Å². The zero-order valence-corrected chi connectivity index (χ0v) is 14.9. The second-order valence-corrected chi connectivity index (χ2v) is 7.26. The van der Waals surface area contributed by atoms with Gasteiger partial charge in [0, 0.05) is 15.3 Å². The molecule has 0 saturated carbocycles. The van der Waals surface area contributed by atoms with Crippen LogP contribution in [0.3, 0.4) is 0 Å². The van der Waals surface area contributed by atoms with Crippen LogP contribution >= 0.6 is 23.1 Å². The van der Waals surface area contributed by atoms with Crippen molar-refractivity contribution in [3.8, 4) is 21.6 Å². The van der Waals surface area contributed by atoms with Gasteiger partial charge in [-0.2, -0.15) is 0 Å². The molecule has 0 bridgehead atoms. The fraction of sp³-hybridized carbons (Fsp3) is 0.105. The van der Waals surface area contributed by atoms with Gasteiger partial charge in [-0.3, -0.25) is 4.79 Å². The predicted octanol–water partition coefficient (Wildman–Crippen LogP) is 5.35. The molecule has 1 heterocycles. The Balaban J connectivity index is 2.21. The lowest BCUT2D eigenvalue weighted by Crippen LogP contribution is -2.10. The van der Waals surface area contributed by atoms with E-state index in [1.807, 2.05) is 37.4 Å². The summed E-state index contributed by atoms with van der Waals surface area (Å²) in [7, 11) is 0. The van der Waals surface area contributed by atoms with Crippen LogP contribution in [0.2, 0.25) is 0 Å². The average molecular weight is 357 g/mol. The van der Waals surface area contributed by atoms with Crippen molar-refractivity contribution in [3.05, 3.63) is 64.8 Å². The summed E-state index contributed by atoms with van der Waals surface area (Å²) in [5.74, 6) is -0.722. The highest BCUT2D eigenvalue weighted by molar-refractivity contribution is 7.98. The van der Waals surface area contributed by atoms with Gasteiger partial charge in [-0.05, 0) is 54.1 Å². The van der Waals surface area contributed by atoms with Gasteiger partial charge in [0.1, 0.15) is 5.82 Å². The van der Waals surface area contributed by atoms with Gasteiger partial charge in [0.25, 0.3) is 5.91 Å². The van der Waals surface area contributed by atoms with Crippen molar-refractivity contribution in [2.45, 2.75) is 11.8 Å². The van der Waals surface area contributed by atoms with Crippen LogP contribution < -0.4 is 5.73 Å². The second-order valence-electron chi connectivity index (χ2n) is 5.36. The van der Waals surface area contributed by atoms with Crippen LogP contribution in [-0.2, 0) is 0 Å². The standard InChI is InChI=1S/C19H16FNOS2/c1-11-16(12-3-7-14(20)8-4-12)18(24-17(11)19(21)22)13-5-9-15(23-2)10-6-13/h3-10H,1-2H3,(H2,21,22). The Morgan fingerprint density at radius 3 is 2.17 bits per heavy atom. The summed E-state index contributed by atoms with van der Waals surface area (Å²) >= 11 is 3.06. The molecule has 0 aliphatic heterocycles. The summed E-state index contributed by atoms with van der Waals surface area (Å²) in [6.07, 6.45) is 2.03. The van der Waals surface area contributed by atoms with Crippen molar-refractivity contribution >= 4 is 29.0 Å². The van der Waals surface area contributed by atoms with Gasteiger partial charge in [0.2, 0.25) is 0 Å². The molecule has 3 aromatic rings. The molecule has 0 saturated heterocycles.